The van der Waals surface area contributed by atoms with Crippen LogP contribution in [-0.2, 0) is 0 Å². The Morgan fingerprint density at radius 1 is 1.40 bits per heavy atom. The van der Waals surface area contributed by atoms with Crippen LogP contribution < -0.4 is 10.2 Å². The average Bonchev–Trinajstić information content (AvgIpc) is 3.22. The van der Waals surface area contributed by atoms with E-state index in [2.05, 4.69) is 62.3 Å². The number of rotatable bonds is 6. The van der Waals surface area contributed by atoms with Gasteiger partial charge in [-0.1, -0.05) is 24.6 Å². The van der Waals surface area contributed by atoms with E-state index in [1.54, 1.807) is 0 Å². The van der Waals surface area contributed by atoms with Crippen LogP contribution in [0, 0.1) is 31.1 Å². The van der Waals surface area contributed by atoms with E-state index in [1.165, 1.54) is 29.7 Å². The number of hydrogen-bond acceptors (Lipinski definition) is 3. The van der Waals surface area contributed by atoms with Crippen LogP contribution in [0.25, 0.3) is 0 Å². The molecule has 1 aromatic rings. The second kappa shape index (κ2) is 5.85. The van der Waals surface area contributed by atoms with Crippen LogP contribution in [0.1, 0.15) is 30.9 Å². The van der Waals surface area contributed by atoms with Crippen LogP contribution in [0.3, 0.4) is 0 Å². The average molecular weight is 271 g/mol. The number of nitrogens with one attached hydrogen (secondary N) is 1. The number of nitrogens with zero attached hydrogens (tertiary/aromatic N) is 2. The Hall–Kier alpha value is -1.53. The lowest BCUT2D eigenvalue weighted by Gasteiger charge is -2.34. The lowest BCUT2D eigenvalue weighted by molar-refractivity contribution is 0.377. The van der Waals surface area contributed by atoms with Crippen LogP contribution >= 0.6 is 0 Å². The van der Waals surface area contributed by atoms with Gasteiger partial charge in [-0.05, 0) is 50.8 Å². The van der Waals surface area contributed by atoms with Crippen molar-refractivity contribution in [2.75, 3.05) is 25.0 Å². The minimum atomic E-state index is -0.402. The lowest BCUT2D eigenvalue weighted by Crippen LogP contribution is -2.54. The molecule has 1 saturated carbocycles. The van der Waals surface area contributed by atoms with Crippen LogP contribution in [0.5, 0.6) is 0 Å². The zero-order valence-corrected chi connectivity index (χ0v) is 13.0. The third-order valence-corrected chi connectivity index (χ3v) is 4.22. The number of likely N-dealkylation sites (N-methyl/N-ethyl adjacent to an activating group) is 2. The van der Waals surface area contributed by atoms with Crippen LogP contribution in [0.15, 0.2) is 18.2 Å². The van der Waals surface area contributed by atoms with Gasteiger partial charge in [0.05, 0.1) is 6.07 Å². The van der Waals surface area contributed by atoms with Gasteiger partial charge in [0.1, 0.15) is 5.54 Å². The SMILES string of the molecule is CCNC(C#N)(CN(C)c1ccc(C)cc1C)C1CC1. The van der Waals surface area contributed by atoms with Crippen molar-refractivity contribution in [3.05, 3.63) is 29.3 Å². The van der Waals surface area contributed by atoms with Crippen molar-refractivity contribution in [2.24, 2.45) is 5.92 Å². The van der Waals surface area contributed by atoms with E-state index in [4.69, 9.17) is 0 Å². The maximum atomic E-state index is 9.69. The van der Waals surface area contributed by atoms with Crippen LogP contribution in [-0.4, -0.2) is 25.7 Å². The molecule has 3 heteroatoms. The zero-order valence-electron chi connectivity index (χ0n) is 13.0. The van der Waals surface area contributed by atoms with Crippen molar-refractivity contribution in [3.8, 4) is 6.07 Å². The maximum absolute atomic E-state index is 9.69. The van der Waals surface area contributed by atoms with Crippen molar-refractivity contribution in [3.63, 3.8) is 0 Å². The topological polar surface area (TPSA) is 39.1 Å². The Morgan fingerprint density at radius 3 is 2.60 bits per heavy atom. The molecule has 1 aromatic carbocycles. The smallest absolute Gasteiger partial charge is 0.127 e. The Balaban J connectivity index is 2.20. The Morgan fingerprint density at radius 2 is 2.10 bits per heavy atom. The molecule has 3 nitrogen and oxygen atoms in total. The molecule has 1 aliphatic rings. The fourth-order valence-corrected chi connectivity index (χ4v) is 3.08. The maximum Gasteiger partial charge on any atom is 0.127 e. The molecule has 0 aromatic heterocycles. The van der Waals surface area contributed by atoms with Crippen molar-refractivity contribution in [2.45, 2.75) is 39.2 Å². The second-order valence-electron chi connectivity index (χ2n) is 6.03. The summed E-state index contributed by atoms with van der Waals surface area (Å²) >= 11 is 0. The predicted molar refractivity (Wildman–Crippen MR) is 83.9 cm³/mol. The summed E-state index contributed by atoms with van der Waals surface area (Å²) in [5.74, 6) is 0.501. The first kappa shape index (κ1) is 14.9. The minimum Gasteiger partial charge on any atom is -0.371 e. The Bertz CT molecular complexity index is 513. The monoisotopic (exact) mass is 271 g/mol. The van der Waals surface area contributed by atoms with Gasteiger partial charge in [-0.3, -0.25) is 5.32 Å². The van der Waals surface area contributed by atoms with Gasteiger partial charge >= 0.3 is 0 Å². The van der Waals surface area contributed by atoms with Gasteiger partial charge in [-0.25, -0.2) is 0 Å². The molecule has 0 aliphatic heterocycles. The first-order chi connectivity index (χ1) is 9.52. The fourth-order valence-electron chi connectivity index (χ4n) is 3.08. The summed E-state index contributed by atoms with van der Waals surface area (Å²) in [5, 5.41) is 13.1. The largest absolute Gasteiger partial charge is 0.371 e. The summed E-state index contributed by atoms with van der Waals surface area (Å²) in [6.07, 6.45) is 2.34. The number of hydrogen-bond donors (Lipinski definition) is 1. The first-order valence-electron chi connectivity index (χ1n) is 7.47. The van der Waals surface area contributed by atoms with Gasteiger partial charge in [0, 0.05) is 19.3 Å². The molecule has 0 heterocycles. The number of benzene rings is 1. The van der Waals surface area contributed by atoms with Crippen LogP contribution in [0.4, 0.5) is 5.69 Å². The summed E-state index contributed by atoms with van der Waals surface area (Å²) in [6, 6.07) is 9.05. The summed E-state index contributed by atoms with van der Waals surface area (Å²) in [5.41, 5.74) is 3.36. The molecule has 1 atom stereocenters. The molecule has 0 radical (unpaired) electrons. The standard InChI is InChI=1S/C17H25N3/c1-5-19-17(11-18,15-7-8-15)12-20(4)16-9-6-13(2)10-14(16)3/h6,9-10,15,19H,5,7-8,12H2,1-4H3. The van der Waals surface area contributed by atoms with Gasteiger partial charge in [0.15, 0.2) is 0 Å². The number of anilines is 1. The zero-order chi connectivity index (χ0) is 14.8. The Labute approximate surface area is 122 Å². The van der Waals surface area contributed by atoms with Crippen molar-refractivity contribution in [1.82, 2.24) is 5.32 Å². The van der Waals surface area contributed by atoms with E-state index in [-0.39, 0.29) is 0 Å². The molecule has 20 heavy (non-hydrogen) atoms. The lowest BCUT2D eigenvalue weighted by atomic mass is 9.93. The number of aryl methyl sites for hydroxylation is 2. The molecule has 0 amide bonds. The molecule has 0 spiro atoms. The van der Waals surface area contributed by atoms with E-state index < -0.39 is 5.54 Å². The molecule has 0 bridgehead atoms. The molecular formula is C17H25N3. The van der Waals surface area contributed by atoms with Gasteiger partial charge in [0.2, 0.25) is 0 Å². The van der Waals surface area contributed by atoms with Crippen molar-refractivity contribution >= 4 is 5.69 Å². The highest BCUT2D eigenvalue weighted by Gasteiger charge is 2.46. The van der Waals surface area contributed by atoms with Crippen molar-refractivity contribution < 1.29 is 0 Å². The Kier molecular flexibility index (Phi) is 4.35. The van der Waals surface area contributed by atoms with Gasteiger partial charge in [0.25, 0.3) is 0 Å². The first-order valence-corrected chi connectivity index (χ1v) is 7.47. The van der Waals surface area contributed by atoms with E-state index in [9.17, 15) is 5.26 Å². The summed E-state index contributed by atoms with van der Waals surface area (Å²) in [7, 11) is 2.09. The molecule has 2 rings (SSSR count). The molecule has 1 fully saturated rings. The molecular weight excluding hydrogens is 246 g/mol. The van der Waals surface area contributed by atoms with E-state index in [0.717, 1.165) is 13.1 Å². The minimum absolute atomic E-state index is 0.402. The quantitative estimate of drug-likeness (QED) is 0.864. The third-order valence-electron chi connectivity index (χ3n) is 4.22. The van der Waals surface area contributed by atoms with Gasteiger partial charge in [-0.15, -0.1) is 0 Å². The van der Waals surface area contributed by atoms with Crippen LogP contribution in [0.2, 0.25) is 0 Å². The molecule has 1 N–H and O–H groups in total. The molecule has 0 saturated heterocycles. The molecule has 1 unspecified atom stereocenters. The molecule has 108 valence electrons. The van der Waals surface area contributed by atoms with E-state index in [0.29, 0.717) is 5.92 Å². The summed E-state index contributed by atoms with van der Waals surface area (Å²) < 4.78 is 0. The normalized spacial score (nSPS) is 17.4. The third kappa shape index (κ3) is 2.96. The highest BCUT2D eigenvalue weighted by Crippen LogP contribution is 2.40. The second-order valence-corrected chi connectivity index (χ2v) is 6.03. The fraction of sp³-hybridized carbons (Fsp3) is 0.588. The predicted octanol–water partition coefficient (Wildman–Crippen LogP) is 3.02. The van der Waals surface area contributed by atoms with Gasteiger partial charge < -0.3 is 4.90 Å². The highest BCUT2D eigenvalue weighted by molar-refractivity contribution is 5.54. The summed E-state index contributed by atoms with van der Waals surface area (Å²) in [4.78, 5) is 2.22. The number of nitriles is 1. The van der Waals surface area contributed by atoms with Gasteiger partial charge in [-0.2, -0.15) is 5.26 Å². The van der Waals surface area contributed by atoms with Crippen molar-refractivity contribution in [1.29, 1.82) is 5.26 Å². The van der Waals surface area contributed by atoms with E-state index in [1.807, 2.05) is 0 Å². The summed E-state index contributed by atoms with van der Waals surface area (Å²) in [6.45, 7) is 7.90. The molecule has 1 aliphatic carbocycles. The van der Waals surface area contributed by atoms with E-state index >= 15 is 0 Å². The highest BCUT2D eigenvalue weighted by atomic mass is 15.2.